The summed E-state index contributed by atoms with van der Waals surface area (Å²) in [4.78, 5) is 13.1. The predicted octanol–water partition coefficient (Wildman–Crippen LogP) is 2.70. The number of nitrogens with zero attached hydrogens (tertiary/aromatic N) is 3. The Hall–Kier alpha value is -1.40. The maximum Gasteiger partial charge on any atom is 0.223 e. The average Bonchev–Trinajstić information content (AvgIpc) is 2.79. The lowest BCUT2D eigenvalue weighted by Crippen LogP contribution is -2.25. The van der Waals surface area contributed by atoms with Crippen LogP contribution in [0.3, 0.4) is 0 Å². The molecule has 0 atom stereocenters. The molecule has 2 N–H and O–H groups in total. The number of thiophene rings is 1. The maximum absolute atomic E-state index is 5.82. The molecule has 2 aromatic heterocycles. The summed E-state index contributed by atoms with van der Waals surface area (Å²) < 4.78 is 5.59. The van der Waals surface area contributed by atoms with Gasteiger partial charge < -0.3 is 15.4 Å². The van der Waals surface area contributed by atoms with Crippen molar-refractivity contribution in [1.29, 1.82) is 0 Å². The van der Waals surface area contributed by atoms with E-state index in [1.807, 2.05) is 20.9 Å². The fourth-order valence-electron chi connectivity index (χ4n) is 1.97. The second-order valence-corrected chi connectivity index (χ2v) is 6.15. The van der Waals surface area contributed by atoms with Gasteiger partial charge in [0.1, 0.15) is 10.6 Å². The number of anilines is 2. The smallest absolute Gasteiger partial charge is 0.223 e. The molecule has 0 aromatic carbocycles. The highest BCUT2D eigenvalue weighted by atomic mass is 32.1. The van der Waals surface area contributed by atoms with E-state index in [0.29, 0.717) is 12.6 Å². The molecule has 0 fully saturated rings. The van der Waals surface area contributed by atoms with Gasteiger partial charge in [0, 0.05) is 18.5 Å². The Labute approximate surface area is 123 Å². The first-order valence-electron chi connectivity index (χ1n) is 6.90. The summed E-state index contributed by atoms with van der Waals surface area (Å²) in [6, 6.07) is 2.16. The van der Waals surface area contributed by atoms with Crippen LogP contribution in [0.4, 0.5) is 11.8 Å². The molecule has 6 heteroatoms. The molecule has 0 bridgehead atoms. The highest BCUT2D eigenvalue weighted by Crippen LogP contribution is 2.31. The standard InChI is InChI=1S/C14H22N4OS/c1-5-10-8-11-12(16-14(15)17-13(11)20-10)18(4)6-7-19-9(2)3/h8-9H,5-7H2,1-4H3,(H2,15,16,17). The molecule has 20 heavy (non-hydrogen) atoms. The van der Waals surface area contributed by atoms with E-state index >= 15 is 0 Å². The normalized spacial score (nSPS) is 11.4. The predicted molar refractivity (Wildman–Crippen MR) is 85.6 cm³/mol. The number of aryl methyl sites for hydroxylation is 1. The third-order valence-corrected chi connectivity index (χ3v) is 4.20. The monoisotopic (exact) mass is 294 g/mol. The van der Waals surface area contributed by atoms with Gasteiger partial charge in [0.05, 0.1) is 18.1 Å². The highest BCUT2D eigenvalue weighted by molar-refractivity contribution is 7.18. The summed E-state index contributed by atoms with van der Waals surface area (Å²) >= 11 is 1.68. The molecule has 5 nitrogen and oxygen atoms in total. The number of hydrogen-bond donors (Lipinski definition) is 1. The van der Waals surface area contributed by atoms with Gasteiger partial charge in [-0.05, 0) is 26.3 Å². The van der Waals surface area contributed by atoms with Crippen LogP contribution in [-0.2, 0) is 11.2 Å². The molecule has 0 spiro atoms. The molecule has 0 unspecified atom stereocenters. The third kappa shape index (κ3) is 3.37. The quantitative estimate of drug-likeness (QED) is 0.887. The van der Waals surface area contributed by atoms with Crippen molar-refractivity contribution in [3.05, 3.63) is 10.9 Å². The van der Waals surface area contributed by atoms with Gasteiger partial charge in [-0.2, -0.15) is 4.98 Å². The van der Waals surface area contributed by atoms with E-state index in [-0.39, 0.29) is 6.10 Å². The van der Waals surface area contributed by atoms with Crippen LogP contribution >= 0.6 is 11.3 Å². The SMILES string of the molecule is CCc1cc2c(N(C)CCOC(C)C)nc(N)nc2s1. The van der Waals surface area contributed by atoms with Crippen LogP contribution < -0.4 is 10.6 Å². The molecule has 0 aliphatic rings. The van der Waals surface area contributed by atoms with Gasteiger partial charge in [-0.25, -0.2) is 4.98 Å². The second kappa shape index (κ2) is 6.37. The fourth-order valence-corrected chi connectivity index (χ4v) is 2.94. The summed E-state index contributed by atoms with van der Waals surface area (Å²) in [5.41, 5.74) is 5.82. The van der Waals surface area contributed by atoms with Crippen molar-refractivity contribution in [1.82, 2.24) is 9.97 Å². The Balaban J connectivity index is 2.25. The topological polar surface area (TPSA) is 64.3 Å². The molecule has 0 amide bonds. The number of nitrogen functional groups attached to an aromatic ring is 1. The van der Waals surface area contributed by atoms with Crippen LogP contribution in [0.25, 0.3) is 10.2 Å². The van der Waals surface area contributed by atoms with E-state index < -0.39 is 0 Å². The molecular weight excluding hydrogens is 272 g/mol. The minimum atomic E-state index is 0.242. The van der Waals surface area contributed by atoms with Gasteiger partial charge in [-0.1, -0.05) is 6.92 Å². The van der Waals surface area contributed by atoms with Crippen LogP contribution in [0.15, 0.2) is 6.07 Å². The van der Waals surface area contributed by atoms with E-state index in [9.17, 15) is 0 Å². The van der Waals surface area contributed by atoms with Gasteiger partial charge in [0.2, 0.25) is 5.95 Å². The van der Waals surface area contributed by atoms with Crippen molar-refractivity contribution in [3.8, 4) is 0 Å². The summed E-state index contributed by atoms with van der Waals surface area (Å²) in [7, 11) is 2.01. The molecule has 0 saturated heterocycles. The first-order valence-corrected chi connectivity index (χ1v) is 7.71. The number of aromatic nitrogens is 2. The Morgan fingerprint density at radius 3 is 2.80 bits per heavy atom. The fraction of sp³-hybridized carbons (Fsp3) is 0.571. The zero-order valence-electron chi connectivity index (χ0n) is 12.5. The van der Waals surface area contributed by atoms with E-state index in [0.717, 1.165) is 29.0 Å². The molecular formula is C14H22N4OS. The molecule has 0 saturated carbocycles. The zero-order chi connectivity index (χ0) is 14.7. The second-order valence-electron chi connectivity index (χ2n) is 5.03. The van der Waals surface area contributed by atoms with Gasteiger partial charge in [0.25, 0.3) is 0 Å². The molecule has 2 rings (SSSR count). The first kappa shape index (κ1) is 15.0. The van der Waals surface area contributed by atoms with Crippen molar-refractivity contribution in [2.24, 2.45) is 0 Å². The van der Waals surface area contributed by atoms with E-state index in [4.69, 9.17) is 10.5 Å². The van der Waals surface area contributed by atoms with Gasteiger partial charge >= 0.3 is 0 Å². The first-order chi connectivity index (χ1) is 9.51. The van der Waals surface area contributed by atoms with Crippen LogP contribution in [0.1, 0.15) is 25.6 Å². The summed E-state index contributed by atoms with van der Waals surface area (Å²) in [6.45, 7) is 7.66. The Morgan fingerprint density at radius 1 is 1.40 bits per heavy atom. The number of likely N-dealkylation sites (N-methyl/N-ethyl adjacent to an activating group) is 1. The average molecular weight is 294 g/mol. The Bertz CT molecular complexity index is 582. The van der Waals surface area contributed by atoms with E-state index in [1.165, 1.54) is 4.88 Å². The maximum atomic E-state index is 5.82. The summed E-state index contributed by atoms with van der Waals surface area (Å²) in [5.74, 6) is 1.21. The minimum absolute atomic E-state index is 0.242. The number of ether oxygens (including phenoxy) is 1. The molecule has 110 valence electrons. The van der Waals surface area contributed by atoms with Crippen LogP contribution in [0, 0.1) is 0 Å². The largest absolute Gasteiger partial charge is 0.377 e. The lowest BCUT2D eigenvalue weighted by molar-refractivity contribution is 0.0845. The highest BCUT2D eigenvalue weighted by Gasteiger charge is 2.13. The zero-order valence-corrected chi connectivity index (χ0v) is 13.3. The Kier molecular flexibility index (Phi) is 4.77. The van der Waals surface area contributed by atoms with E-state index in [2.05, 4.69) is 27.9 Å². The lowest BCUT2D eigenvalue weighted by atomic mass is 10.3. The number of nitrogens with two attached hydrogens (primary N) is 1. The van der Waals surface area contributed by atoms with Crippen LogP contribution in [0.2, 0.25) is 0 Å². The summed E-state index contributed by atoms with van der Waals surface area (Å²) in [5, 5.41) is 1.08. The molecule has 0 aliphatic heterocycles. The molecule has 0 aliphatic carbocycles. The van der Waals surface area contributed by atoms with E-state index in [1.54, 1.807) is 11.3 Å². The number of fused-ring (bicyclic) bond motifs is 1. The number of rotatable bonds is 6. The van der Waals surface area contributed by atoms with Gasteiger partial charge in [0.15, 0.2) is 0 Å². The number of hydrogen-bond acceptors (Lipinski definition) is 6. The lowest BCUT2D eigenvalue weighted by Gasteiger charge is -2.19. The third-order valence-electron chi connectivity index (χ3n) is 3.03. The minimum Gasteiger partial charge on any atom is -0.377 e. The van der Waals surface area contributed by atoms with Crippen LogP contribution in [-0.4, -0.2) is 36.3 Å². The van der Waals surface area contributed by atoms with Crippen molar-refractivity contribution in [2.75, 3.05) is 30.8 Å². The van der Waals surface area contributed by atoms with Gasteiger partial charge in [-0.3, -0.25) is 0 Å². The molecule has 2 heterocycles. The van der Waals surface area contributed by atoms with Gasteiger partial charge in [-0.15, -0.1) is 11.3 Å². The molecule has 2 aromatic rings. The Morgan fingerprint density at radius 2 is 2.15 bits per heavy atom. The summed E-state index contributed by atoms with van der Waals surface area (Å²) in [6.07, 6.45) is 1.24. The van der Waals surface area contributed by atoms with Crippen molar-refractivity contribution >= 4 is 33.3 Å². The molecule has 0 radical (unpaired) electrons. The van der Waals surface area contributed by atoms with Crippen molar-refractivity contribution < 1.29 is 4.74 Å². The van der Waals surface area contributed by atoms with Crippen molar-refractivity contribution in [3.63, 3.8) is 0 Å². The van der Waals surface area contributed by atoms with Crippen molar-refractivity contribution in [2.45, 2.75) is 33.3 Å². The van der Waals surface area contributed by atoms with Crippen LogP contribution in [0.5, 0.6) is 0 Å².